The predicted octanol–water partition coefficient (Wildman–Crippen LogP) is 4.82. The first-order valence-electron chi connectivity index (χ1n) is 11.2. The van der Waals surface area contributed by atoms with E-state index in [2.05, 4.69) is 24.3 Å². The summed E-state index contributed by atoms with van der Waals surface area (Å²) in [6, 6.07) is 30.6. The number of rotatable bonds is 9. The van der Waals surface area contributed by atoms with Gasteiger partial charge in [0, 0.05) is 32.0 Å². The summed E-state index contributed by atoms with van der Waals surface area (Å²) < 4.78 is 12.3. The predicted molar refractivity (Wildman–Crippen MR) is 130 cm³/mol. The van der Waals surface area contributed by atoms with Crippen molar-refractivity contribution in [2.75, 3.05) is 6.61 Å². The van der Waals surface area contributed by atoms with Gasteiger partial charge in [-0.1, -0.05) is 66.7 Å². The zero-order valence-electron chi connectivity index (χ0n) is 19.0. The molecule has 0 amide bonds. The minimum absolute atomic E-state index is 0.0745. The maximum Gasteiger partial charge on any atom is 0.308 e. The van der Waals surface area contributed by atoms with Crippen LogP contribution in [-0.2, 0) is 11.3 Å². The van der Waals surface area contributed by atoms with Crippen LogP contribution < -0.4 is 15.0 Å². The molecule has 34 heavy (non-hydrogen) atoms. The van der Waals surface area contributed by atoms with Gasteiger partial charge in [-0.3, -0.25) is 9.59 Å². The summed E-state index contributed by atoms with van der Waals surface area (Å²) in [5, 5.41) is 4.71. The SMILES string of the molecule is CC(=O)Oc1cccc(OCCCn2nc(C(c3ccccc3)c3ccccc3)ccc2=O)c1. The van der Waals surface area contributed by atoms with Crippen LogP contribution in [0, 0.1) is 0 Å². The number of benzene rings is 3. The smallest absolute Gasteiger partial charge is 0.308 e. The number of nitrogens with zero attached hydrogens (tertiary/aromatic N) is 2. The van der Waals surface area contributed by atoms with Crippen LogP contribution in [0.1, 0.15) is 36.1 Å². The topological polar surface area (TPSA) is 70.4 Å². The molecular formula is C28H26N2O4. The van der Waals surface area contributed by atoms with Crippen molar-refractivity contribution >= 4 is 5.97 Å². The molecule has 4 rings (SSSR count). The third-order valence-electron chi connectivity index (χ3n) is 5.30. The van der Waals surface area contributed by atoms with Gasteiger partial charge in [-0.25, -0.2) is 4.68 Å². The van der Waals surface area contributed by atoms with Gasteiger partial charge >= 0.3 is 5.97 Å². The molecule has 3 aromatic carbocycles. The maximum atomic E-state index is 12.5. The molecule has 0 bridgehead atoms. The highest BCUT2D eigenvalue weighted by Gasteiger charge is 2.19. The third kappa shape index (κ3) is 5.98. The van der Waals surface area contributed by atoms with Gasteiger partial charge in [0.25, 0.3) is 5.56 Å². The van der Waals surface area contributed by atoms with E-state index < -0.39 is 0 Å². The fourth-order valence-corrected chi connectivity index (χ4v) is 3.80. The lowest BCUT2D eigenvalue weighted by molar-refractivity contribution is -0.131. The van der Waals surface area contributed by atoms with Crippen molar-refractivity contribution in [3.63, 3.8) is 0 Å². The van der Waals surface area contributed by atoms with Crippen molar-refractivity contribution in [3.05, 3.63) is 124 Å². The van der Waals surface area contributed by atoms with E-state index in [4.69, 9.17) is 14.6 Å². The first-order valence-corrected chi connectivity index (χ1v) is 11.2. The van der Waals surface area contributed by atoms with Crippen LogP contribution >= 0.6 is 0 Å². The van der Waals surface area contributed by atoms with Gasteiger partial charge in [-0.2, -0.15) is 5.10 Å². The van der Waals surface area contributed by atoms with Crippen LogP contribution in [0.3, 0.4) is 0 Å². The van der Waals surface area contributed by atoms with E-state index in [1.165, 1.54) is 11.6 Å². The lowest BCUT2D eigenvalue weighted by Gasteiger charge is -2.18. The van der Waals surface area contributed by atoms with Crippen LogP contribution in [0.4, 0.5) is 0 Å². The number of hydrogen-bond acceptors (Lipinski definition) is 5. The lowest BCUT2D eigenvalue weighted by atomic mass is 9.88. The van der Waals surface area contributed by atoms with Gasteiger partial charge in [-0.15, -0.1) is 0 Å². The van der Waals surface area contributed by atoms with E-state index in [0.29, 0.717) is 31.1 Å². The van der Waals surface area contributed by atoms with Crippen molar-refractivity contribution in [1.82, 2.24) is 9.78 Å². The number of carbonyl (C=O) groups excluding carboxylic acids is 1. The largest absolute Gasteiger partial charge is 0.493 e. The molecular weight excluding hydrogens is 428 g/mol. The van der Waals surface area contributed by atoms with Crippen LogP contribution in [0.5, 0.6) is 11.5 Å². The standard InChI is InChI=1S/C28H26N2O4/c1-21(31)34-25-15-8-14-24(20-25)33-19-9-18-30-27(32)17-16-26(29-30)28(22-10-4-2-5-11-22)23-12-6-3-7-13-23/h2-8,10-17,20,28H,9,18-19H2,1H3. The first-order chi connectivity index (χ1) is 16.6. The highest BCUT2D eigenvalue weighted by atomic mass is 16.5. The second kappa shape index (κ2) is 11.1. The van der Waals surface area contributed by atoms with Crippen molar-refractivity contribution in [2.45, 2.75) is 25.8 Å². The second-order valence-electron chi connectivity index (χ2n) is 7.84. The van der Waals surface area contributed by atoms with E-state index in [9.17, 15) is 9.59 Å². The van der Waals surface area contributed by atoms with E-state index in [1.807, 2.05) is 36.4 Å². The highest BCUT2D eigenvalue weighted by Crippen LogP contribution is 2.30. The van der Waals surface area contributed by atoms with Crippen molar-refractivity contribution in [1.29, 1.82) is 0 Å². The fraction of sp³-hybridized carbons (Fsp3) is 0.179. The van der Waals surface area contributed by atoms with Gasteiger partial charge in [0.2, 0.25) is 0 Å². The number of carbonyl (C=O) groups is 1. The minimum atomic E-state index is -0.383. The quantitative estimate of drug-likeness (QED) is 0.206. The van der Waals surface area contributed by atoms with Crippen molar-refractivity contribution < 1.29 is 14.3 Å². The Morgan fingerprint density at radius 2 is 1.50 bits per heavy atom. The van der Waals surface area contributed by atoms with Gasteiger partial charge in [0.05, 0.1) is 18.2 Å². The molecule has 0 atom stereocenters. The zero-order valence-corrected chi connectivity index (χ0v) is 19.0. The molecule has 1 heterocycles. The van der Waals surface area contributed by atoms with Crippen molar-refractivity contribution in [3.8, 4) is 11.5 Å². The van der Waals surface area contributed by atoms with Gasteiger partial charge in [0.15, 0.2) is 0 Å². The molecule has 6 nitrogen and oxygen atoms in total. The molecule has 0 aliphatic carbocycles. The Morgan fingerprint density at radius 1 is 0.853 bits per heavy atom. The monoisotopic (exact) mass is 454 g/mol. The molecule has 1 aromatic heterocycles. The molecule has 0 radical (unpaired) electrons. The Balaban J connectivity index is 1.47. The lowest BCUT2D eigenvalue weighted by Crippen LogP contribution is -2.25. The molecule has 0 fully saturated rings. The molecule has 0 saturated heterocycles. The Hall–Kier alpha value is -4.19. The van der Waals surface area contributed by atoms with Crippen LogP contribution in [0.25, 0.3) is 0 Å². The van der Waals surface area contributed by atoms with Crippen LogP contribution in [0.2, 0.25) is 0 Å². The van der Waals surface area contributed by atoms with Gasteiger partial charge in [0.1, 0.15) is 11.5 Å². The molecule has 6 heteroatoms. The molecule has 4 aromatic rings. The third-order valence-corrected chi connectivity index (χ3v) is 5.30. The molecule has 0 aliphatic heterocycles. The Labute approximate surface area is 198 Å². The Bertz CT molecular complexity index is 1250. The Kier molecular flexibility index (Phi) is 7.50. The summed E-state index contributed by atoms with van der Waals surface area (Å²) in [7, 11) is 0. The normalized spacial score (nSPS) is 10.8. The maximum absolute atomic E-state index is 12.5. The molecule has 0 saturated carbocycles. The zero-order chi connectivity index (χ0) is 23.8. The minimum Gasteiger partial charge on any atom is -0.493 e. The Morgan fingerprint density at radius 3 is 2.15 bits per heavy atom. The average molecular weight is 455 g/mol. The van der Waals surface area contributed by atoms with Crippen LogP contribution in [0.15, 0.2) is 102 Å². The number of ether oxygens (including phenoxy) is 2. The molecule has 0 aliphatic rings. The number of aromatic nitrogens is 2. The number of aryl methyl sites for hydroxylation is 1. The summed E-state index contributed by atoms with van der Waals surface area (Å²) in [6.45, 7) is 2.17. The molecule has 0 unspecified atom stereocenters. The van der Waals surface area contributed by atoms with E-state index in [-0.39, 0.29) is 17.4 Å². The molecule has 0 spiro atoms. The molecule has 0 N–H and O–H groups in total. The van der Waals surface area contributed by atoms with Crippen molar-refractivity contribution in [2.24, 2.45) is 0 Å². The van der Waals surface area contributed by atoms with E-state index in [1.54, 1.807) is 36.4 Å². The second-order valence-corrected chi connectivity index (χ2v) is 7.84. The fourth-order valence-electron chi connectivity index (χ4n) is 3.80. The summed E-state index contributed by atoms with van der Waals surface area (Å²) in [5.41, 5.74) is 2.89. The average Bonchev–Trinajstić information content (AvgIpc) is 2.85. The summed E-state index contributed by atoms with van der Waals surface area (Å²) in [6.07, 6.45) is 0.593. The van der Waals surface area contributed by atoms with E-state index >= 15 is 0 Å². The summed E-state index contributed by atoms with van der Waals surface area (Å²) >= 11 is 0. The van der Waals surface area contributed by atoms with Crippen LogP contribution in [-0.4, -0.2) is 22.4 Å². The summed E-state index contributed by atoms with van der Waals surface area (Å²) in [5.74, 6) is 0.575. The molecule has 172 valence electrons. The number of hydrogen-bond donors (Lipinski definition) is 0. The van der Waals surface area contributed by atoms with Gasteiger partial charge in [-0.05, 0) is 29.3 Å². The highest BCUT2D eigenvalue weighted by molar-refractivity contribution is 5.69. The number of esters is 1. The summed E-state index contributed by atoms with van der Waals surface area (Å²) in [4.78, 5) is 23.6. The van der Waals surface area contributed by atoms with E-state index in [0.717, 1.165) is 16.8 Å². The first kappa shape index (κ1) is 23.0. The van der Waals surface area contributed by atoms with Gasteiger partial charge < -0.3 is 9.47 Å².